The molecule has 1 saturated heterocycles. The number of ether oxygens (including phenoxy) is 1. The Morgan fingerprint density at radius 3 is 2.69 bits per heavy atom. The summed E-state index contributed by atoms with van der Waals surface area (Å²) in [7, 11) is -2.08. The Kier molecular flexibility index (Phi) is 5.35. The summed E-state index contributed by atoms with van der Waals surface area (Å²) in [4.78, 5) is 14.3. The van der Waals surface area contributed by atoms with Gasteiger partial charge in [0, 0.05) is 25.7 Å². The Balaban J connectivity index is 1.80. The molecular formula is C16H21N5O4S. The lowest BCUT2D eigenvalue weighted by Crippen LogP contribution is -2.40. The maximum Gasteiger partial charge on any atom is 0.254 e. The summed E-state index contributed by atoms with van der Waals surface area (Å²) >= 11 is 0. The molecule has 2 heterocycles. The highest BCUT2D eigenvalue weighted by atomic mass is 32.2. The van der Waals surface area contributed by atoms with Crippen LogP contribution in [0.2, 0.25) is 0 Å². The molecule has 1 unspecified atom stereocenters. The molecule has 0 saturated carbocycles. The first-order valence-electron chi connectivity index (χ1n) is 8.22. The van der Waals surface area contributed by atoms with Crippen LogP contribution in [0.25, 0.3) is 0 Å². The lowest BCUT2D eigenvalue weighted by atomic mass is 10.2. The van der Waals surface area contributed by atoms with E-state index in [2.05, 4.69) is 14.9 Å². The number of amides is 1. The van der Waals surface area contributed by atoms with Gasteiger partial charge in [0.2, 0.25) is 10.0 Å². The maximum atomic E-state index is 12.7. The van der Waals surface area contributed by atoms with Gasteiger partial charge in [0.15, 0.2) is 0 Å². The molecule has 1 aliphatic rings. The van der Waals surface area contributed by atoms with E-state index in [4.69, 9.17) is 4.74 Å². The van der Waals surface area contributed by atoms with Crippen LogP contribution in [0.5, 0.6) is 0 Å². The average Bonchev–Trinajstić information content (AvgIpc) is 3.08. The number of benzene rings is 1. The smallest absolute Gasteiger partial charge is 0.254 e. The van der Waals surface area contributed by atoms with Crippen molar-refractivity contribution in [2.24, 2.45) is 7.05 Å². The van der Waals surface area contributed by atoms with Crippen LogP contribution in [0.3, 0.4) is 0 Å². The minimum atomic E-state index is -3.82. The van der Waals surface area contributed by atoms with E-state index < -0.39 is 16.1 Å². The molecule has 1 aromatic heterocycles. The summed E-state index contributed by atoms with van der Waals surface area (Å²) in [6.07, 6.45) is 1.50. The maximum absolute atomic E-state index is 12.7. The van der Waals surface area contributed by atoms with Crippen LogP contribution in [0.4, 0.5) is 0 Å². The second kappa shape index (κ2) is 7.52. The van der Waals surface area contributed by atoms with Gasteiger partial charge in [-0.3, -0.25) is 4.79 Å². The Bertz CT molecular complexity index is 890. The number of hydrogen-bond acceptors (Lipinski definition) is 6. The minimum Gasteiger partial charge on any atom is -0.378 e. The van der Waals surface area contributed by atoms with Crippen LogP contribution in [-0.2, 0) is 21.8 Å². The Morgan fingerprint density at radius 2 is 2.04 bits per heavy atom. The first-order valence-corrected chi connectivity index (χ1v) is 9.70. The number of sulfonamides is 1. The first-order chi connectivity index (χ1) is 12.4. The fraction of sp³-hybridized carbons (Fsp3) is 0.438. The third-order valence-electron chi connectivity index (χ3n) is 4.16. The number of nitrogens with one attached hydrogen (secondary N) is 1. The van der Waals surface area contributed by atoms with Crippen LogP contribution in [-0.4, -0.2) is 60.3 Å². The van der Waals surface area contributed by atoms with Crippen molar-refractivity contribution in [2.75, 3.05) is 26.3 Å². The normalized spacial score (nSPS) is 16.5. The van der Waals surface area contributed by atoms with Crippen LogP contribution in [0, 0.1) is 0 Å². The second-order valence-electron chi connectivity index (χ2n) is 6.08. The van der Waals surface area contributed by atoms with E-state index in [0.29, 0.717) is 37.7 Å². The molecule has 1 aromatic carbocycles. The van der Waals surface area contributed by atoms with Gasteiger partial charge in [0.25, 0.3) is 5.91 Å². The summed E-state index contributed by atoms with van der Waals surface area (Å²) in [5.41, 5.74) is 0.334. The van der Waals surface area contributed by atoms with E-state index in [1.165, 1.54) is 18.5 Å². The highest BCUT2D eigenvalue weighted by Gasteiger charge is 2.24. The molecular weight excluding hydrogens is 358 g/mol. The van der Waals surface area contributed by atoms with Gasteiger partial charge in [-0.15, -0.1) is 10.2 Å². The van der Waals surface area contributed by atoms with Crippen LogP contribution in [0.1, 0.15) is 29.1 Å². The third kappa shape index (κ3) is 3.92. The molecule has 0 radical (unpaired) electrons. The summed E-state index contributed by atoms with van der Waals surface area (Å²) in [6, 6.07) is 5.47. The van der Waals surface area contributed by atoms with Crippen LogP contribution < -0.4 is 4.72 Å². The number of aryl methyl sites for hydroxylation is 1. The molecule has 1 aliphatic heterocycles. The van der Waals surface area contributed by atoms with E-state index in [1.807, 2.05) is 0 Å². The van der Waals surface area contributed by atoms with Gasteiger partial charge in [0.05, 0.1) is 24.2 Å². The van der Waals surface area contributed by atoms with Crippen molar-refractivity contribution in [3.63, 3.8) is 0 Å². The molecule has 1 fully saturated rings. The number of morpholine rings is 1. The molecule has 3 rings (SSSR count). The third-order valence-corrected chi connectivity index (χ3v) is 5.69. The van der Waals surface area contributed by atoms with E-state index in [0.717, 1.165) is 0 Å². The molecule has 0 bridgehead atoms. The zero-order valence-electron chi connectivity index (χ0n) is 14.6. The first kappa shape index (κ1) is 18.5. The lowest BCUT2D eigenvalue weighted by molar-refractivity contribution is 0.0302. The SMILES string of the molecule is CC(NS(=O)(=O)c1cccc(C(=O)N2CCOCC2)c1)c1nncn1C. The van der Waals surface area contributed by atoms with Crippen molar-refractivity contribution in [1.29, 1.82) is 0 Å². The predicted octanol–water partition coefficient (Wildman–Crippen LogP) is 0.327. The fourth-order valence-corrected chi connectivity index (χ4v) is 4.03. The molecule has 9 nitrogen and oxygen atoms in total. The number of carbonyl (C=O) groups is 1. The quantitative estimate of drug-likeness (QED) is 0.802. The lowest BCUT2D eigenvalue weighted by Gasteiger charge is -2.27. The standard InChI is InChI=1S/C16H21N5O4S/c1-12(15-18-17-11-20(15)2)19-26(23,24)14-5-3-4-13(10-14)16(22)21-6-8-25-9-7-21/h3-5,10-12,19H,6-9H2,1-2H3. The highest BCUT2D eigenvalue weighted by molar-refractivity contribution is 7.89. The topological polar surface area (TPSA) is 106 Å². The highest BCUT2D eigenvalue weighted by Crippen LogP contribution is 2.17. The molecule has 1 N–H and O–H groups in total. The number of aromatic nitrogens is 3. The molecule has 140 valence electrons. The van der Waals surface area contributed by atoms with Gasteiger partial charge in [-0.25, -0.2) is 13.1 Å². The summed E-state index contributed by atoms with van der Waals surface area (Å²) in [6.45, 7) is 3.65. The number of rotatable bonds is 5. The van der Waals surface area contributed by atoms with Crippen molar-refractivity contribution < 1.29 is 17.9 Å². The van der Waals surface area contributed by atoms with Crippen molar-refractivity contribution >= 4 is 15.9 Å². The van der Waals surface area contributed by atoms with Crippen molar-refractivity contribution in [2.45, 2.75) is 17.9 Å². The molecule has 1 atom stereocenters. The summed E-state index contributed by atoms with van der Waals surface area (Å²) in [5, 5.41) is 7.67. The average molecular weight is 379 g/mol. The molecule has 10 heteroatoms. The van der Waals surface area contributed by atoms with Gasteiger partial charge >= 0.3 is 0 Å². The molecule has 26 heavy (non-hydrogen) atoms. The minimum absolute atomic E-state index is 0.0330. The van der Waals surface area contributed by atoms with E-state index >= 15 is 0 Å². The van der Waals surface area contributed by atoms with Crippen molar-refractivity contribution in [3.05, 3.63) is 42.0 Å². The number of carbonyl (C=O) groups excluding carboxylic acids is 1. The zero-order chi connectivity index (χ0) is 18.7. The Labute approximate surface area is 152 Å². The predicted molar refractivity (Wildman–Crippen MR) is 92.9 cm³/mol. The Hall–Kier alpha value is -2.30. The second-order valence-corrected chi connectivity index (χ2v) is 7.79. The molecule has 2 aromatic rings. The monoisotopic (exact) mass is 379 g/mol. The van der Waals surface area contributed by atoms with Crippen molar-refractivity contribution in [1.82, 2.24) is 24.4 Å². The Morgan fingerprint density at radius 1 is 1.31 bits per heavy atom. The van der Waals surface area contributed by atoms with Crippen molar-refractivity contribution in [3.8, 4) is 0 Å². The molecule has 0 spiro atoms. The van der Waals surface area contributed by atoms with E-state index in [1.54, 1.807) is 35.6 Å². The fourth-order valence-electron chi connectivity index (χ4n) is 2.78. The summed E-state index contributed by atoms with van der Waals surface area (Å²) in [5.74, 6) is 0.292. The van der Waals surface area contributed by atoms with Gasteiger partial charge in [-0.05, 0) is 25.1 Å². The number of nitrogens with zero attached hydrogens (tertiary/aromatic N) is 4. The summed E-state index contributed by atoms with van der Waals surface area (Å²) < 4.78 is 34.8. The van der Waals surface area contributed by atoms with Crippen LogP contribution in [0.15, 0.2) is 35.5 Å². The van der Waals surface area contributed by atoms with Gasteiger partial charge in [-0.2, -0.15) is 0 Å². The zero-order valence-corrected chi connectivity index (χ0v) is 15.4. The van der Waals surface area contributed by atoms with E-state index in [-0.39, 0.29) is 10.8 Å². The molecule has 1 amide bonds. The largest absolute Gasteiger partial charge is 0.378 e. The number of hydrogen-bond donors (Lipinski definition) is 1. The van der Waals surface area contributed by atoms with E-state index in [9.17, 15) is 13.2 Å². The van der Waals surface area contributed by atoms with Gasteiger partial charge < -0.3 is 14.2 Å². The van der Waals surface area contributed by atoms with Gasteiger partial charge in [-0.1, -0.05) is 6.07 Å². The van der Waals surface area contributed by atoms with Gasteiger partial charge in [0.1, 0.15) is 12.2 Å². The van der Waals surface area contributed by atoms with Crippen LogP contribution >= 0.6 is 0 Å². The molecule has 0 aliphatic carbocycles.